The Morgan fingerprint density at radius 1 is 1.12 bits per heavy atom. The zero-order valence-electron chi connectivity index (χ0n) is 10.1. The lowest BCUT2D eigenvalue weighted by atomic mass is 9.83. The topological polar surface area (TPSA) is 46.2 Å². The molecule has 1 atom stereocenters. The first kappa shape index (κ1) is 12.4. The van der Waals surface area contributed by atoms with Gasteiger partial charge in [-0.3, -0.25) is 0 Å². The van der Waals surface area contributed by atoms with Gasteiger partial charge in [-0.2, -0.15) is 0 Å². The van der Waals surface area contributed by atoms with Gasteiger partial charge in [0, 0.05) is 6.04 Å². The molecule has 16 heavy (non-hydrogen) atoms. The summed E-state index contributed by atoms with van der Waals surface area (Å²) in [6.07, 6.45) is 6.12. The summed E-state index contributed by atoms with van der Waals surface area (Å²) >= 11 is 0. The number of nitrogens with one attached hydrogen (secondary N) is 1. The fourth-order valence-corrected chi connectivity index (χ4v) is 4.53. The van der Waals surface area contributed by atoms with Crippen molar-refractivity contribution in [2.45, 2.75) is 45.1 Å². The lowest BCUT2D eigenvalue weighted by Gasteiger charge is -2.27. The fourth-order valence-electron chi connectivity index (χ4n) is 2.82. The summed E-state index contributed by atoms with van der Waals surface area (Å²) in [7, 11) is -2.72. The van der Waals surface area contributed by atoms with Crippen molar-refractivity contribution in [3.8, 4) is 0 Å². The van der Waals surface area contributed by atoms with E-state index in [1.807, 2.05) is 0 Å². The molecular formula is C12H23NO2S. The van der Waals surface area contributed by atoms with Gasteiger partial charge in [0.15, 0.2) is 9.84 Å². The standard InChI is InChI=1S/C12H23NO2S/c1-10-2-4-11(5-3-10)8-13-12-6-7-16(14,15)9-12/h10-13H,2-9H2,1H3. The SMILES string of the molecule is CC1CCC(CNC2CCS(=O)(=O)C2)CC1. The summed E-state index contributed by atoms with van der Waals surface area (Å²) in [5.74, 6) is 2.41. The molecule has 1 unspecified atom stereocenters. The van der Waals surface area contributed by atoms with Crippen LogP contribution in [0.5, 0.6) is 0 Å². The summed E-state index contributed by atoms with van der Waals surface area (Å²) in [5.41, 5.74) is 0. The highest BCUT2D eigenvalue weighted by Gasteiger charge is 2.28. The van der Waals surface area contributed by atoms with E-state index < -0.39 is 9.84 Å². The van der Waals surface area contributed by atoms with E-state index in [2.05, 4.69) is 12.2 Å². The van der Waals surface area contributed by atoms with Gasteiger partial charge < -0.3 is 5.32 Å². The van der Waals surface area contributed by atoms with Gasteiger partial charge in [-0.1, -0.05) is 19.8 Å². The van der Waals surface area contributed by atoms with Crippen LogP contribution in [0.2, 0.25) is 0 Å². The lowest BCUT2D eigenvalue weighted by Crippen LogP contribution is -2.35. The second-order valence-electron chi connectivity index (χ2n) is 5.63. The van der Waals surface area contributed by atoms with Crippen LogP contribution in [0.1, 0.15) is 39.0 Å². The first-order valence-corrected chi connectivity index (χ1v) is 8.31. The van der Waals surface area contributed by atoms with Gasteiger partial charge in [-0.25, -0.2) is 8.42 Å². The van der Waals surface area contributed by atoms with Gasteiger partial charge in [-0.05, 0) is 37.6 Å². The van der Waals surface area contributed by atoms with Crippen LogP contribution in [-0.2, 0) is 9.84 Å². The average Bonchev–Trinajstić information content (AvgIpc) is 2.58. The first-order chi connectivity index (χ1) is 7.55. The van der Waals surface area contributed by atoms with Crippen LogP contribution in [-0.4, -0.2) is 32.5 Å². The molecule has 0 amide bonds. The van der Waals surface area contributed by atoms with Crippen LogP contribution in [0.25, 0.3) is 0 Å². The second kappa shape index (κ2) is 5.05. The van der Waals surface area contributed by atoms with E-state index in [9.17, 15) is 8.42 Å². The maximum atomic E-state index is 11.3. The van der Waals surface area contributed by atoms with Gasteiger partial charge >= 0.3 is 0 Å². The molecule has 0 aromatic heterocycles. The molecule has 0 radical (unpaired) electrons. The fraction of sp³-hybridized carbons (Fsp3) is 1.00. The predicted octanol–water partition coefficient (Wildman–Crippen LogP) is 1.59. The zero-order chi connectivity index (χ0) is 11.6. The molecule has 4 heteroatoms. The molecular weight excluding hydrogens is 222 g/mol. The number of hydrogen-bond acceptors (Lipinski definition) is 3. The monoisotopic (exact) mass is 245 g/mol. The Hall–Kier alpha value is -0.0900. The Morgan fingerprint density at radius 3 is 2.38 bits per heavy atom. The molecule has 0 aromatic carbocycles. The van der Waals surface area contributed by atoms with Crippen molar-refractivity contribution >= 4 is 9.84 Å². The summed E-state index contributed by atoms with van der Waals surface area (Å²) in [6, 6.07) is 0.226. The molecule has 1 aliphatic heterocycles. The average molecular weight is 245 g/mol. The first-order valence-electron chi connectivity index (χ1n) is 6.49. The summed E-state index contributed by atoms with van der Waals surface area (Å²) in [6.45, 7) is 3.35. The minimum atomic E-state index is -2.72. The molecule has 1 aliphatic carbocycles. The molecule has 94 valence electrons. The van der Waals surface area contributed by atoms with Crippen molar-refractivity contribution in [3.05, 3.63) is 0 Å². The highest BCUT2D eigenvalue weighted by atomic mass is 32.2. The van der Waals surface area contributed by atoms with Gasteiger partial charge in [0.1, 0.15) is 0 Å². The molecule has 2 aliphatic rings. The molecule has 2 rings (SSSR count). The van der Waals surface area contributed by atoms with Gasteiger partial charge in [0.2, 0.25) is 0 Å². The van der Waals surface area contributed by atoms with Crippen LogP contribution >= 0.6 is 0 Å². The third kappa shape index (κ3) is 3.45. The number of hydrogen-bond donors (Lipinski definition) is 1. The maximum absolute atomic E-state index is 11.3. The normalized spacial score (nSPS) is 38.7. The minimum absolute atomic E-state index is 0.226. The van der Waals surface area contributed by atoms with E-state index in [0.29, 0.717) is 11.5 Å². The zero-order valence-corrected chi connectivity index (χ0v) is 10.9. The van der Waals surface area contributed by atoms with Crippen LogP contribution in [0, 0.1) is 11.8 Å². The van der Waals surface area contributed by atoms with Gasteiger partial charge in [0.05, 0.1) is 11.5 Å². The van der Waals surface area contributed by atoms with E-state index in [1.165, 1.54) is 25.7 Å². The molecule has 1 saturated carbocycles. The third-order valence-electron chi connectivity index (χ3n) is 4.06. The highest BCUT2D eigenvalue weighted by Crippen LogP contribution is 2.28. The summed E-state index contributed by atoms with van der Waals surface area (Å²) in [5, 5.41) is 3.44. The van der Waals surface area contributed by atoms with Crippen molar-refractivity contribution in [1.29, 1.82) is 0 Å². The Bertz CT molecular complexity index is 318. The minimum Gasteiger partial charge on any atom is -0.313 e. The van der Waals surface area contributed by atoms with Crippen molar-refractivity contribution in [3.63, 3.8) is 0 Å². The smallest absolute Gasteiger partial charge is 0.151 e. The van der Waals surface area contributed by atoms with Gasteiger partial charge in [-0.15, -0.1) is 0 Å². The predicted molar refractivity (Wildman–Crippen MR) is 66.2 cm³/mol. The molecule has 0 bridgehead atoms. The van der Waals surface area contributed by atoms with Crippen LogP contribution in [0.4, 0.5) is 0 Å². The highest BCUT2D eigenvalue weighted by molar-refractivity contribution is 7.91. The molecule has 2 fully saturated rings. The Balaban J connectivity index is 1.68. The van der Waals surface area contributed by atoms with Crippen molar-refractivity contribution in [1.82, 2.24) is 5.32 Å². The van der Waals surface area contributed by atoms with E-state index in [0.717, 1.165) is 24.8 Å². The summed E-state index contributed by atoms with van der Waals surface area (Å²) in [4.78, 5) is 0. The molecule has 3 nitrogen and oxygen atoms in total. The summed E-state index contributed by atoms with van der Waals surface area (Å²) < 4.78 is 22.6. The van der Waals surface area contributed by atoms with E-state index in [1.54, 1.807) is 0 Å². The Labute approximate surface area is 98.9 Å². The Kier molecular flexibility index (Phi) is 3.90. The van der Waals surface area contributed by atoms with Crippen molar-refractivity contribution in [2.24, 2.45) is 11.8 Å². The number of sulfone groups is 1. The quantitative estimate of drug-likeness (QED) is 0.821. The van der Waals surface area contributed by atoms with Crippen LogP contribution < -0.4 is 5.32 Å². The molecule has 1 saturated heterocycles. The van der Waals surface area contributed by atoms with E-state index in [4.69, 9.17) is 0 Å². The third-order valence-corrected chi connectivity index (χ3v) is 5.83. The number of rotatable bonds is 3. The van der Waals surface area contributed by atoms with Gasteiger partial charge in [0.25, 0.3) is 0 Å². The molecule has 1 N–H and O–H groups in total. The van der Waals surface area contributed by atoms with Crippen molar-refractivity contribution < 1.29 is 8.42 Å². The van der Waals surface area contributed by atoms with Crippen LogP contribution in [0.15, 0.2) is 0 Å². The second-order valence-corrected chi connectivity index (χ2v) is 7.86. The molecule has 1 heterocycles. The lowest BCUT2D eigenvalue weighted by molar-refractivity contribution is 0.276. The van der Waals surface area contributed by atoms with Crippen LogP contribution in [0.3, 0.4) is 0 Å². The maximum Gasteiger partial charge on any atom is 0.151 e. The molecule has 0 aromatic rings. The van der Waals surface area contributed by atoms with Crippen molar-refractivity contribution in [2.75, 3.05) is 18.1 Å². The van der Waals surface area contributed by atoms with E-state index >= 15 is 0 Å². The Morgan fingerprint density at radius 2 is 1.81 bits per heavy atom. The molecule has 0 spiro atoms. The van der Waals surface area contributed by atoms with E-state index in [-0.39, 0.29) is 6.04 Å². The largest absolute Gasteiger partial charge is 0.313 e.